The molecule has 1 aromatic heterocycles. The number of nitrogens with one attached hydrogen (secondary N) is 1. The maximum Gasteiger partial charge on any atom is 0.251 e. The minimum Gasteiger partial charge on any atom is -0.497 e. The molecule has 0 saturated carbocycles. The number of ether oxygens (including phenoxy) is 1. The molecule has 0 aliphatic rings. The minimum absolute atomic E-state index is 0.120. The molecule has 0 aliphatic carbocycles. The summed E-state index contributed by atoms with van der Waals surface area (Å²) < 4.78 is 7.21. The van der Waals surface area contributed by atoms with Crippen LogP contribution in [0.4, 0.5) is 0 Å². The summed E-state index contributed by atoms with van der Waals surface area (Å²) in [6.45, 7) is 6.52. The maximum absolute atomic E-state index is 13.0. The van der Waals surface area contributed by atoms with E-state index in [2.05, 4.69) is 19.2 Å². The Bertz CT molecular complexity index is 1070. The molecule has 1 N–H and O–H groups in total. The summed E-state index contributed by atoms with van der Waals surface area (Å²) in [6.07, 6.45) is 3.27. The topological polar surface area (TPSA) is 76.5 Å². The first-order valence-electron chi connectivity index (χ1n) is 11.7. The predicted octanol–water partition coefficient (Wildman–Crippen LogP) is 4.06. The van der Waals surface area contributed by atoms with Gasteiger partial charge in [-0.1, -0.05) is 32.0 Å². The molecule has 0 atom stereocenters. The van der Waals surface area contributed by atoms with Crippen molar-refractivity contribution in [2.45, 2.75) is 46.1 Å². The second-order valence-corrected chi connectivity index (χ2v) is 8.08. The van der Waals surface area contributed by atoms with Crippen LogP contribution in [0.3, 0.4) is 0 Å². The number of benzene rings is 2. The number of carbonyl (C=O) groups is 2. The van der Waals surface area contributed by atoms with Crippen LogP contribution in [0.2, 0.25) is 0 Å². The van der Waals surface area contributed by atoms with Crippen LogP contribution in [0.15, 0.2) is 48.5 Å². The number of methoxy groups -OCH3 is 1. The van der Waals surface area contributed by atoms with Gasteiger partial charge in [0.15, 0.2) is 0 Å². The highest BCUT2D eigenvalue weighted by Crippen LogP contribution is 2.18. The van der Waals surface area contributed by atoms with Gasteiger partial charge in [0.05, 0.1) is 18.1 Å². The second kappa shape index (κ2) is 12.0. The van der Waals surface area contributed by atoms with E-state index in [0.29, 0.717) is 24.3 Å². The smallest absolute Gasteiger partial charge is 0.251 e. The number of para-hydroxylation sites is 2. The number of hydrogen-bond donors (Lipinski definition) is 1. The third-order valence-electron chi connectivity index (χ3n) is 5.56. The van der Waals surface area contributed by atoms with Gasteiger partial charge in [0.25, 0.3) is 5.91 Å². The zero-order valence-electron chi connectivity index (χ0n) is 19.8. The number of carbonyl (C=O) groups excluding carboxylic acids is 2. The third-order valence-corrected chi connectivity index (χ3v) is 5.56. The number of nitrogens with zero attached hydrogens (tertiary/aromatic N) is 3. The Labute approximate surface area is 195 Å². The zero-order chi connectivity index (χ0) is 23.6. The van der Waals surface area contributed by atoms with Gasteiger partial charge in [-0.3, -0.25) is 9.59 Å². The molecule has 0 fully saturated rings. The Morgan fingerprint density at radius 3 is 2.55 bits per heavy atom. The fraction of sp³-hybridized carbons (Fsp3) is 0.423. The first-order valence-corrected chi connectivity index (χ1v) is 11.7. The molecule has 0 saturated heterocycles. The Hall–Kier alpha value is -3.35. The summed E-state index contributed by atoms with van der Waals surface area (Å²) in [7, 11) is 1.58. The van der Waals surface area contributed by atoms with Crippen LogP contribution < -0.4 is 10.1 Å². The molecule has 176 valence electrons. The average Bonchev–Trinajstić information content (AvgIpc) is 3.18. The van der Waals surface area contributed by atoms with Crippen LogP contribution in [0.1, 0.15) is 49.3 Å². The number of imidazole rings is 1. The normalized spacial score (nSPS) is 10.9. The first kappa shape index (κ1) is 24.3. The molecule has 2 aromatic carbocycles. The van der Waals surface area contributed by atoms with E-state index in [1.165, 1.54) is 0 Å². The van der Waals surface area contributed by atoms with Crippen LogP contribution >= 0.6 is 0 Å². The summed E-state index contributed by atoms with van der Waals surface area (Å²) in [5, 5.41) is 2.96. The van der Waals surface area contributed by atoms with Gasteiger partial charge in [0.2, 0.25) is 5.91 Å². The lowest BCUT2D eigenvalue weighted by molar-refractivity contribution is -0.131. The minimum atomic E-state index is -0.132. The molecule has 0 bridgehead atoms. The van der Waals surface area contributed by atoms with Crippen molar-refractivity contribution in [3.05, 3.63) is 59.9 Å². The summed E-state index contributed by atoms with van der Waals surface area (Å²) in [6, 6.07) is 15.0. The largest absolute Gasteiger partial charge is 0.497 e. The molecule has 3 aromatic rings. The summed E-state index contributed by atoms with van der Waals surface area (Å²) in [5.41, 5.74) is 2.42. The van der Waals surface area contributed by atoms with E-state index in [9.17, 15) is 9.59 Å². The molecule has 0 radical (unpaired) electrons. The van der Waals surface area contributed by atoms with Crippen molar-refractivity contribution in [3.63, 3.8) is 0 Å². The predicted molar refractivity (Wildman–Crippen MR) is 131 cm³/mol. The molecule has 0 spiro atoms. The molecule has 2 amide bonds. The maximum atomic E-state index is 13.0. The summed E-state index contributed by atoms with van der Waals surface area (Å²) >= 11 is 0. The van der Waals surface area contributed by atoms with Crippen molar-refractivity contribution in [2.75, 3.05) is 26.7 Å². The van der Waals surface area contributed by atoms with Gasteiger partial charge in [0.1, 0.15) is 18.1 Å². The first-order chi connectivity index (χ1) is 16.1. The highest BCUT2D eigenvalue weighted by molar-refractivity contribution is 5.94. The number of rotatable bonds is 12. The van der Waals surface area contributed by atoms with E-state index in [1.54, 1.807) is 25.3 Å². The molecule has 0 aliphatic heterocycles. The lowest BCUT2D eigenvalue weighted by Gasteiger charge is -2.22. The highest BCUT2D eigenvalue weighted by atomic mass is 16.5. The molecule has 0 unspecified atom stereocenters. The average molecular weight is 451 g/mol. The molecule has 33 heavy (non-hydrogen) atoms. The number of amides is 2. The second-order valence-electron chi connectivity index (χ2n) is 8.08. The van der Waals surface area contributed by atoms with E-state index in [4.69, 9.17) is 9.72 Å². The number of fused-ring (bicyclic) bond motifs is 1. The molecule has 3 rings (SSSR count). The van der Waals surface area contributed by atoms with Gasteiger partial charge in [-0.15, -0.1) is 0 Å². The monoisotopic (exact) mass is 450 g/mol. The van der Waals surface area contributed by atoms with Gasteiger partial charge < -0.3 is 19.5 Å². The van der Waals surface area contributed by atoms with Crippen LogP contribution in [-0.2, 0) is 17.8 Å². The van der Waals surface area contributed by atoms with E-state index in [-0.39, 0.29) is 18.4 Å². The molecule has 7 heteroatoms. The summed E-state index contributed by atoms with van der Waals surface area (Å²) in [4.78, 5) is 32.2. The standard InChI is InChI=1S/C26H34N4O3/c1-4-16-29(17-5-2)25(31)19-30-23-13-7-6-12-22(23)28-24(30)14-9-15-27-26(32)20-10-8-11-21(18-20)33-3/h6-8,10-13,18H,4-5,9,14-17,19H2,1-3H3,(H,27,32). The van der Waals surface area contributed by atoms with Crippen molar-refractivity contribution >= 4 is 22.8 Å². The van der Waals surface area contributed by atoms with Gasteiger partial charge in [-0.2, -0.15) is 0 Å². The number of hydrogen-bond acceptors (Lipinski definition) is 4. The van der Waals surface area contributed by atoms with Crippen LogP contribution in [-0.4, -0.2) is 53.0 Å². The van der Waals surface area contributed by atoms with Crippen molar-refractivity contribution in [3.8, 4) is 5.75 Å². The van der Waals surface area contributed by atoms with E-state index in [1.807, 2.05) is 39.8 Å². The Balaban J connectivity index is 1.66. The van der Waals surface area contributed by atoms with Gasteiger partial charge in [-0.05, 0) is 49.6 Å². The quantitative estimate of drug-likeness (QED) is 0.422. The third kappa shape index (κ3) is 6.34. The Morgan fingerprint density at radius 1 is 1.06 bits per heavy atom. The van der Waals surface area contributed by atoms with Crippen molar-refractivity contribution < 1.29 is 14.3 Å². The molecular formula is C26H34N4O3. The van der Waals surface area contributed by atoms with Gasteiger partial charge >= 0.3 is 0 Å². The van der Waals surface area contributed by atoms with Gasteiger partial charge in [0, 0.05) is 31.6 Å². The molecule has 1 heterocycles. The molecular weight excluding hydrogens is 416 g/mol. The van der Waals surface area contributed by atoms with E-state index in [0.717, 1.165) is 49.2 Å². The Kier molecular flexibility index (Phi) is 8.87. The van der Waals surface area contributed by atoms with Crippen molar-refractivity contribution in [1.29, 1.82) is 0 Å². The number of aryl methyl sites for hydroxylation is 1. The summed E-state index contributed by atoms with van der Waals surface area (Å²) in [5.74, 6) is 1.51. The molecule has 7 nitrogen and oxygen atoms in total. The lowest BCUT2D eigenvalue weighted by atomic mass is 10.2. The van der Waals surface area contributed by atoms with Crippen LogP contribution in [0, 0.1) is 0 Å². The van der Waals surface area contributed by atoms with Gasteiger partial charge in [-0.25, -0.2) is 4.98 Å². The SMILES string of the molecule is CCCN(CCC)C(=O)Cn1c(CCCNC(=O)c2cccc(OC)c2)nc2ccccc21. The zero-order valence-corrected chi connectivity index (χ0v) is 19.8. The van der Waals surface area contributed by atoms with Crippen LogP contribution in [0.5, 0.6) is 5.75 Å². The van der Waals surface area contributed by atoms with Crippen molar-refractivity contribution in [1.82, 2.24) is 19.8 Å². The lowest BCUT2D eigenvalue weighted by Crippen LogP contribution is -2.35. The fourth-order valence-corrected chi connectivity index (χ4v) is 3.94. The highest BCUT2D eigenvalue weighted by Gasteiger charge is 2.17. The number of aromatic nitrogens is 2. The van der Waals surface area contributed by atoms with E-state index >= 15 is 0 Å². The fourth-order valence-electron chi connectivity index (χ4n) is 3.94. The van der Waals surface area contributed by atoms with Crippen molar-refractivity contribution in [2.24, 2.45) is 0 Å². The van der Waals surface area contributed by atoms with Crippen LogP contribution in [0.25, 0.3) is 11.0 Å². The van der Waals surface area contributed by atoms with E-state index < -0.39 is 0 Å². The Morgan fingerprint density at radius 2 is 1.82 bits per heavy atom.